The minimum atomic E-state index is -0.186. The van der Waals surface area contributed by atoms with Gasteiger partial charge in [0.15, 0.2) is 0 Å². The molecule has 0 atom stereocenters. The summed E-state index contributed by atoms with van der Waals surface area (Å²) in [5.41, 5.74) is 0. The number of hydrogen-bond acceptors (Lipinski definition) is 4. The van der Waals surface area contributed by atoms with Gasteiger partial charge in [-0.3, -0.25) is 10.1 Å². The Hall–Kier alpha value is -1.20. The predicted octanol–water partition coefficient (Wildman–Crippen LogP) is 0.678. The van der Waals surface area contributed by atoms with E-state index in [4.69, 9.17) is 11.6 Å². The number of hydrogen-bond donors (Lipinski definition) is 2. The van der Waals surface area contributed by atoms with E-state index in [0.29, 0.717) is 5.15 Å². The van der Waals surface area contributed by atoms with E-state index in [1.807, 2.05) is 6.92 Å². The molecule has 0 aliphatic rings. The van der Waals surface area contributed by atoms with Crippen LogP contribution in [0.5, 0.6) is 0 Å². The van der Waals surface area contributed by atoms with Crippen LogP contribution in [0.2, 0.25) is 5.15 Å². The van der Waals surface area contributed by atoms with Crippen molar-refractivity contribution in [3.05, 3.63) is 17.4 Å². The number of nitrogens with zero attached hydrogens (tertiary/aromatic N) is 2. The Morgan fingerprint density at radius 2 is 2.43 bits per heavy atom. The molecule has 0 radical (unpaired) electrons. The van der Waals surface area contributed by atoms with Crippen molar-refractivity contribution in [2.75, 3.05) is 18.4 Å². The third-order valence-electron chi connectivity index (χ3n) is 1.41. The van der Waals surface area contributed by atoms with Crippen molar-refractivity contribution in [2.45, 2.75) is 6.92 Å². The Bertz CT molecular complexity index is 318. The number of anilines is 1. The van der Waals surface area contributed by atoms with Crippen LogP contribution in [0.15, 0.2) is 12.3 Å². The quantitative estimate of drug-likeness (QED) is 0.724. The lowest BCUT2D eigenvalue weighted by atomic mass is 10.5. The number of likely N-dealkylation sites (N-methyl/N-ethyl adjacent to an activating group) is 1. The van der Waals surface area contributed by atoms with Crippen molar-refractivity contribution in [1.82, 2.24) is 15.3 Å². The number of aromatic nitrogens is 2. The highest BCUT2D eigenvalue weighted by Gasteiger charge is 2.03. The van der Waals surface area contributed by atoms with Gasteiger partial charge >= 0.3 is 0 Å². The smallest absolute Gasteiger partial charge is 0.240 e. The highest BCUT2D eigenvalue weighted by atomic mass is 35.5. The fourth-order valence-electron chi connectivity index (χ4n) is 0.804. The van der Waals surface area contributed by atoms with Gasteiger partial charge < -0.3 is 5.32 Å². The van der Waals surface area contributed by atoms with Gasteiger partial charge in [0, 0.05) is 6.20 Å². The lowest BCUT2D eigenvalue weighted by Crippen LogP contribution is -2.28. The first kappa shape index (κ1) is 10.9. The summed E-state index contributed by atoms with van der Waals surface area (Å²) in [7, 11) is 0. The first-order valence-electron chi connectivity index (χ1n) is 4.21. The molecule has 1 amide bonds. The van der Waals surface area contributed by atoms with Gasteiger partial charge in [0.05, 0.1) is 6.54 Å². The summed E-state index contributed by atoms with van der Waals surface area (Å²) in [6.07, 6.45) is 1.48. The zero-order valence-corrected chi connectivity index (χ0v) is 8.51. The number of carbonyl (C=O) groups is 1. The van der Waals surface area contributed by atoms with Gasteiger partial charge in [0.2, 0.25) is 11.9 Å². The van der Waals surface area contributed by atoms with E-state index in [9.17, 15) is 4.79 Å². The highest BCUT2D eigenvalue weighted by molar-refractivity contribution is 6.29. The van der Waals surface area contributed by atoms with Crippen LogP contribution in [0.3, 0.4) is 0 Å². The van der Waals surface area contributed by atoms with Gasteiger partial charge in [-0.15, -0.1) is 0 Å². The van der Waals surface area contributed by atoms with Crippen molar-refractivity contribution in [2.24, 2.45) is 0 Å². The molecular formula is C8H11ClN4O. The molecule has 0 spiro atoms. The molecule has 1 aromatic rings. The van der Waals surface area contributed by atoms with Gasteiger partial charge in [0.25, 0.3) is 0 Å². The lowest BCUT2D eigenvalue weighted by Gasteiger charge is -2.03. The molecule has 0 aliphatic heterocycles. The van der Waals surface area contributed by atoms with Crippen molar-refractivity contribution < 1.29 is 4.79 Å². The molecule has 14 heavy (non-hydrogen) atoms. The average molecular weight is 215 g/mol. The maximum atomic E-state index is 11.2. The number of rotatable bonds is 4. The summed E-state index contributed by atoms with van der Waals surface area (Å²) in [6.45, 7) is 2.90. The Labute approximate surface area is 86.9 Å². The molecule has 2 N–H and O–H groups in total. The molecule has 1 heterocycles. The number of amides is 1. The van der Waals surface area contributed by atoms with E-state index >= 15 is 0 Å². The highest BCUT2D eigenvalue weighted by Crippen LogP contribution is 2.04. The van der Waals surface area contributed by atoms with E-state index in [0.717, 1.165) is 6.54 Å². The second-order valence-corrected chi connectivity index (χ2v) is 2.92. The summed E-state index contributed by atoms with van der Waals surface area (Å²) in [5, 5.41) is 5.70. The fourth-order valence-corrected chi connectivity index (χ4v) is 0.941. The predicted molar refractivity (Wildman–Crippen MR) is 54.2 cm³/mol. The maximum Gasteiger partial charge on any atom is 0.240 e. The average Bonchev–Trinajstić information content (AvgIpc) is 2.15. The van der Waals surface area contributed by atoms with Crippen molar-refractivity contribution in [1.29, 1.82) is 0 Å². The van der Waals surface area contributed by atoms with Gasteiger partial charge in [0.1, 0.15) is 5.15 Å². The molecule has 0 saturated carbocycles. The molecule has 0 fully saturated rings. The van der Waals surface area contributed by atoms with Crippen molar-refractivity contribution >= 4 is 23.5 Å². The van der Waals surface area contributed by atoms with Crippen molar-refractivity contribution in [3.63, 3.8) is 0 Å². The maximum absolute atomic E-state index is 11.2. The van der Waals surface area contributed by atoms with E-state index < -0.39 is 0 Å². The minimum Gasteiger partial charge on any atom is -0.309 e. The molecule has 0 aliphatic carbocycles. The molecule has 76 valence electrons. The van der Waals surface area contributed by atoms with Gasteiger partial charge in [-0.2, -0.15) is 0 Å². The van der Waals surface area contributed by atoms with Crippen LogP contribution in [0.4, 0.5) is 5.95 Å². The van der Waals surface area contributed by atoms with E-state index in [2.05, 4.69) is 20.6 Å². The summed E-state index contributed by atoms with van der Waals surface area (Å²) in [4.78, 5) is 18.8. The Balaban J connectivity index is 2.47. The van der Waals surface area contributed by atoms with E-state index in [1.165, 1.54) is 6.20 Å². The van der Waals surface area contributed by atoms with Crippen LogP contribution in [0, 0.1) is 0 Å². The van der Waals surface area contributed by atoms with Gasteiger partial charge in [-0.25, -0.2) is 9.97 Å². The normalized spacial score (nSPS) is 9.86. The number of nitrogens with one attached hydrogen (secondary N) is 2. The fraction of sp³-hybridized carbons (Fsp3) is 0.375. The third kappa shape index (κ3) is 3.68. The standard InChI is InChI=1S/C8H11ClN4O/c1-2-10-5-7(14)13-8-11-4-3-6(9)12-8/h3-4,10H,2,5H2,1H3,(H,11,12,13,14). The first-order valence-corrected chi connectivity index (χ1v) is 4.59. The zero-order valence-electron chi connectivity index (χ0n) is 7.75. The second kappa shape index (κ2) is 5.51. The molecule has 0 unspecified atom stereocenters. The second-order valence-electron chi connectivity index (χ2n) is 2.53. The zero-order chi connectivity index (χ0) is 10.4. The molecular weight excluding hydrogens is 204 g/mol. The molecule has 1 rings (SSSR count). The summed E-state index contributed by atoms with van der Waals surface area (Å²) in [6, 6.07) is 1.54. The lowest BCUT2D eigenvalue weighted by molar-refractivity contribution is -0.115. The van der Waals surface area contributed by atoms with Crippen LogP contribution in [0.25, 0.3) is 0 Å². The third-order valence-corrected chi connectivity index (χ3v) is 1.62. The molecule has 1 aromatic heterocycles. The Morgan fingerprint density at radius 1 is 1.64 bits per heavy atom. The Morgan fingerprint density at radius 3 is 3.07 bits per heavy atom. The number of carbonyl (C=O) groups excluding carboxylic acids is 1. The van der Waals surface area contributed by atoms with Crippen molar-refractivity contribution in [3.8, 4) is 0 Å². The first-order chi connectivity index (χ1) is 6.72. The minimum absolute atomic E-state index is 0.186. The topological polar surface area (TPSA) is 66.9 Å². The van der Waals surface area contributed by atoms with Gasteiger partial charge in [-0.05, 0) is 12.6 Å². The van der Waals surface area contributed by atoms with Gasteiger partial charge in [-0.1, -0.05) is 18.5 Å². The monoisotopic (exact) mass is 214 g/mol. The van der Waals surface area contributed by atoms with Crippen LogP contribution in [-0.2, 0) is 4.79 Å². The molecule has 0 aromatic carbocycles. The largest absolute Gasteiger partial charge is 0.309 e. The summed E-state index contributed by atoms with van der Waals surface area (Å²) in [5.74, 6) is 0.0366. The summed E-state index contributed by atoms with van der Waals surface area (Å²) >= 11 is 5.61. The van der Waals surface area contributed by atoms with E-state index in [-0.39, 0.29) is 18.4 Å². The van der Waals surface area contributed by atoms with E-state index in [1.54, 1.807) is 6.07 Å². The van der Waals surface area contributed by atoms with Crippen LogP contribution in [-0.4, -0.2) is 29.0 Å². The van der Waals surface area contributed by atoms with Crippen LogP contribution in [0.1, 0.15) is 6.92 Å². The number of halogens is 1. The molecule has 5 nitrogen and oxygen atoms in total. The molecule has 0 bridgehead atoms. The van der Waals surface area contributed by atoms with Crippen LogP contribution >= 0.6 is 11.6 Å². The molecule has 0 saturated heterocycles. The SMILES string of the molecule is CCNCC(=O)Nc1nccc(Cl)n1. The molecule has 6 heteroatoms. The van der Waals surface area contributed by atoms with Crippen LogP contribution < -0.4 is 10.6 Å². The Kier molecular flexibility index (Phi) is 4.28. The summed E-state index contributed by atoms with van der Waals surface area (Å²) < 4.78 is 0.